The third-order valence-corrected chi connectivity index (χ3v) is 5.97. The number of aromatic nitrogens is 3. The van der Waals surface area contributed by atoms with E-state index in [1.165, 1.54) is 18.3 Å². The lowest BCUT2D eigenvalue weighted by atomic mass is 10.1. The fourth-order valence-corrected chi connectivity index (χ4v) is 4.13. The largest absolute Gasteiger partial charge is 0.459 e. The fourth-order valence-electron chi connectivity index (χ4n) is 3.26. The Hall–Kier alpha value is -3.33. The van der Waals surface area contributed by atoms with Crippen LogP contribution in [0.4, 0.5) is 10.8 Å². The molecule has 0 aliphatic heterocycles. The molecule has 0 saturated carbocycles. The van der Waals surface area contributed by atoms with Crippen LogP contribution in [0.25, 0.3) is 0 Å². The zero-order valence-corrected chi connectivity index (χ0v) is 19.6. The molecule has 2 aromatic heterocycles. The molecule has 0 spiro atoms. The van der Waals surface area contributed by atoms with Crippen LogP contribution >= 0.6 is 11.3 Å². The number of rotatable bonds is 7. The van der Waals surface area contributed by atoms with Gasteiger partial charge in [0.05, 0.1) is 11.4 Å². The standard InChI is InChI=1S/C23H26N4O4S/c1-13-6-7-19(10-14(13)2)27(17(5)28)23-26-18(12-32-23)11-31-21(29)9-8-20-15(3)24-16(4)25-22(20)30/h6-7,10,12H,8-9,11H2,1-5H3,(H,24,25,30). The zero-order valence-electron chi connectivity index (χ0n) is 18.8. The third kappa shape index (κ3) is 5.47. The highest BCUT2D eigenvalue weighted by Gasteiger charge is 2.19. The van der Waals surface area contributed by atoms with Gasteiger partial charge in [0.1, 0.15) is 12.4 Å². The number of amides is 1. The van der Waals surface area contributed by atoms with Crippen LogP contribution in [0, 0.1) is 27.7 Å². The van der Waals surface area contributed by atoms with Crippen LogP contribution < -0.4 is 10.5 Å². The Morgan fingerprint density at radius 3 is 2.53 bits per heavy atom. The van der Waals surface area contributed by atoms with Crippen molar-refractivity contribution in [1.82, 2.24) is 15.0 Å². The second kappa shape index (κ2) is 9.86. The second-order valence-electron chi connectivity index (χ2n) is 7.62. The molecule has 2 heterocycles. The van der Waals surface area contributed by atoms with Crippen molar-refractivity contribution in [3.8, 4) is 0 Å². The van der Waals surface area contributed by atoms with Crippen LogP contribution in [0.1, 0.15) is 47.2 Å². The molecule has 32 heavy (non-hydrogen) atoms. The van der Waals surface area contributed by atoms with E-state index >= 15 is 0 Å². The van der Waals surface area contributed by atoms with E-state index in [1.807, 2.05) is 32.0 Å². The van der Waals surface area contributed by atoms with Gasteiger partial charge in [-0.1, -0.05) is 6.07 Å². The molecule has 0 unspecified atom stereocenters. The molecule has 8 nitrogen and oxygen atoms in total. The molecular formula is C23H26N4O4S. The maximum atomic E-state index is 12.3. The number of aryl methyl sites for hydroxylation is 4. The number of aromatic amines is 1. The number of hydrogen-bond acceptors (Lipinski definition) is 7. The van der Waals surface area contributed by atoms with Crippen molar-refractivity contribution in [2.45, 2.75) is 54.1 Å². The van der Waals surface area contributed by atoms with E-state index in [9.17, 15) is 14.4 Å². The minimum atomic E-state index is -0.434. The normalized spacial score (nSPS) is 10.8. The molecule has 0 radical (unpaired) electrons. The van der Waals surface area contributed by atoms with E-state index in [2.05, 4.69) is 15.0 Å². The number of thiazole rings is 1. The lowest BCUT2D eigenvalue weighted by molar-refractivity contribution is -0.145. The van der Waals surface area contributed by atoms with Crippen molar-refractivity contribution in [3.05, 3.63) is 67.8 Å². The summed E-state index contributed by atoms with van der Waals surface area (Å²) in [7, 11) is 0. The van der Waals surface area contributed by atoms with Crippen molar-refractivity contribution in [3.63, 3.8) is 0 Å². The number of nitrogens with zero attached hydrogens (tertiary/aromatic N) is 3. The minimum absolute atomic E-state index is 0.00447. The average Bonchev–Trinajstić information content (AvgIpc) is 3.16. The number of anilines is 2. The summed E-state index contributed by atoms with van der Waals surface area (Å²) in [5, 5.41) is 2.28. The van der Waals surface area contributed by atoms with Crippen molar-refractivity contribution < 1.29 is 14.3 Å². The monoisotopic (exact) mass is 454 g/mol. The van der Waals surface area contributed by atoms with Crippen molar-refractivity contribution in [1.29, 1.82) is 0 Å². The molecule has 0 atom stereocenters. The number of carbonyl (C=O) groups is 2. The predicted octanol–water partition coefficient (Wildman–Crippen LogP) is 3.82. The molecule has 0 fully saturated rings. The maximum Gasteiger partial charge on any atom is 0.306 e. The molecule has 1 amide bonds. The number of H-pyrrole nitrogens is 1. The van der Waals surface area contributed by atoms with Crippen LogP contribution in [0.2, 0.25) is 0 Å². The predicted molar refractivity (Wildman–Crippen MR) is 123 cm³/mol. The minimum Gasteiger partial charge on any atom is -0.459 e. The topological polar surface area (TPSA) is 105 Å². The number of benzene rings is 1. The summed E-state index contributed by atoms with van der Waals surface area (Å²) in [6.45, 7) is 8.94. The summed E-state index contributed by atoms with van der Waals surface area (Å²) in [6.07, 6.45) is 0.314. The molecule has 168 valence electrons. The van der Waals surface area contributed by atoms with E-state index in [1.54, 1.807) is 24.1 Å². The van der Waals surface area contributed by atoms with Gasteiger partial charge in [-0.2, -0.15) is 0 Å². The van der Waals surface area contributed by atoms with Gasteiger partial charge in [0, 0.05) is 30.0 Å². The number of esters is 1. The van der Waals surface area contributed by atoms with Gasteiger partial charge in [-0.3, -0.25) is 19.3 Å². The number of ether oxygens (including phenoxy) is 1. The van der Waals surface area contributed by atoms with Gasteiger partial charge in [0.15, 0.2) is 5.13 Å². The lowest BCUT2D eigenvalue weighted by Gasteiger charge is -2.19. The summed E-state index contributed by atoms with van der Waals surface area (Å²) in [6, 6.07) is 5.79. The summed E-state index contributed by atoms with van der Waals surface area (Å²) >= 11 is 1.31. The van der Waals surface area contributed by atoms with Gasteiger partial charge in [0.2, 0.25) is 5.91 Å². The molecule has 9 heteroatoms. The van der Waals surface area contributed by atoms with Gasteiger partial charge >= 0.3 is 5.97 Å². The Labute approximate surface area is 190 Å². The first-order valence-electron chi connectivity index (χ1n) is 10.2. The number of hydrogen-bond donors (Lipinski definition) is 1. The average molecular weight is 455 g/mol. The van der Waals surface area contributed by atoms with Crippen LogP contribution in [-0.2, 0) is 27.4 Å². The number of carbonyl (C=O) groups excluding carboxylic acids is 2. The first-order chi connectivity index (χ1) is 15.2. The highest BCUT2D eigenvalue weighted by atomic mass is 32.1. The van der Waals surface area contributed by atoms with Crippen LogP contribution in [0.5, 0.6) is 0 Å². The Balaban J connectivity index is 1.63. The first kappa shape index (κ1) is 23.3. The Kier molecular flexibility index (Phi) is 7.19. The molecule has 3 rings (SSSR count). The van der Waals surface area contributed by atoms with Crippen LogP contribution in [-0.4, -0.2) is 26.8 Å². The van der Waals surface area contributed by atoms with E-state index in [-0.39, 0.29) is 30.9 Å². The van der Waals surface area contributed by atoms with Gasteiger partial charge in [-0.15, -0.1) is 11.3 Å². The van der Waals surface area contributed by atoms with E-state index in [0.29, 0.717) is 27.9 Å². The summed E-state index contributed by atoms with van der Waals surface area (Å²) in [5.74, 6) is -0.0477. The van der Waals surface area contributed by atoms with Gasteiger partial charge in [-0.05, 0) is 57.4 Å². The van der Waals surface area contributed by atoms with E-state index in [4.69, 9.17) is 4.74 Å². The van der Waals surface area contributed by atoms with Crippen molar-refractivity contribution >= 4 is 34.0 Å². The quantitative estimate of drug-likeness (QED) is 0.544. The summed E-state index contributed by atoms with van der Waals surface area (Å²) in [4.78, 5) is 49.4. The summed E-state index contributed by atoms with van der Waals surface area (Å²) in [5.41, 5.74) is 4.38. The maximum absolute atomic E-state index is 12.3. The molecule has 1 aromatic carbocycles. The molecule has 3 aromatic rings. The molecule has 0 aliphatic carbocycles. The first-order valence-corrected chi connectivity index (χ1v) is 11.1. The molecule has 0 aliphatic rings. The smallest absolute Gasteiger partial charge is 0.306 e. The van der Waals surface area contributed by atoms with Crippen molar-refractivity contribution in [2.75, 3.05) is 4.90 Å². The number of nitrogens with one attached hydrogen (secondary N) is 1. The van der Waals surface area contributed by atoms with E-state index in [0.717, 1.165) is 16.8 Å². The van der Waals surface area contributed by atoms with Crippen LogP contribution in [0.3, 0.4) is 0 Å². The van der Waals surface area contributed by atoms with Gasteiger partial charge < -0.3 is 9.72 Å². The Morgan fingerprint density at radius 2 is 1.88 bits per heavy atom. The molecule has 0 bridgehead atoms. The van der Waals surface area contributed by atoms with Crippen molar-refractivity contribution in [2.24, 2.45) is 0 Å². The molecular weight excluding hydrogens is 428 g/mol. The Morgan fingerprint density at radius 1 is 1.12 bits per heavy atom. The zero-order chi connectivity index (χ0) is 23.4. The third-order valence-electron chi connectivity index (χ3n) is 5.10. The fraction of sp³-hybridized carbons (Fsp3) is 0.348. The SMILES string of the molecule is CC(=O)N(c1ccc(C)c(C)c1)c1nc(COC(=O)CCc2c(C)nc(C)[nH]c2=O)cs1. The molecule has 0 saturated heterocycles. The van der Waals surface area contributed by atoms with Crippen LogP contribution in [0.15, 0.2) is 28.4 Å². The highest BCUT2D eigenvalue weighted by Crippen LogP contribution is 2.30. The summed E-state index contributed by atoms with van der Waals surface area (Å²) < 4.78 is 5.32. The molecule has 1 N–H and O–H groups in total. The van der Waals surface area contributed by atoms with E-state index < -0.39 is 5.97 Å². The van der Waals surface area contributed by atoms with Gasteiger partial charge in [-0.25, -0.2) is 9.97 Å². The second-order valence-corrected chi connectivity index (χ2v) is 8.46. The Bertz CT molecular complexity index is 1210. The van der Waals surface area contributed by atoms with Gasteiger partial charge in [0.25, 0.3) is 5.56 Å². The highest BCUT2D eigenvalue weighted by molar-refractivity contribution is 7.14. The lowest BCUT2D eigenvalue weighted by Crippen LogP contribution is -2.22.